The highest BCUT2D eigenvalue weighted by molar-refractivity contribution is 5.94. The lowest BCUT2D eigenvalue weighted by molar-refractivity contribution is -0.137. The van der Waals surface area contributed by atoms with Gasteiger partial charge in [0.1, 0.15) is 18.5 Å². The Labute approximate surface area is 200 Å². The van der Waals surface area contributed by atoms with Crippen molar-refractivity contribution in [2.75, 3.05) is 13.2 Å². The number of hydrogen-bond donors (Lipinski definition) is 3. The van der Waals surface area contributed by atoms with Crippen molar-refractivity contribution in [3.8, 4) is 5.75 Å². The lowest BCUT2D eigenvalue weighted by atomic mass is 10.0. The number of halogens is 3. The number of hydrogen-bond acceptors (Lipinski definition) is 4. The third-order valence-corrected chi connectivity index (χ3v) is 5.09. The second-order valence-corrected chi connectivity index (χ2v) is 7.80. The first-order valence-corrected chi connectivity index (χ1v) is 10.9. The first kappa shape index (κ1) is 25.8. The SMILES string of the molecule is O=C(CC(NC(=O)c1ccccc1)c1ccccc1)NCC(O)COc1ccc(C(F)(F)F)cc1. The second kappa shape index (κ2) is 12.0. The van der Waals surface area contributed by atoms with Gasteiger partial charge in [-0.2, -0.15) is 13.2 Å². The van der Waals surface area contributed by atoms with Crippen molar-refractivity contribution in [3.05, 3.63) is 102 Å². The molecule has 0 aliphatic rings. The van der Waals surface area contributed by atoms with Gasteiger partial charge in [0.05, 0.1) is 18.0 Å². The van der Waals surface area contributed by atoms with E-state index in [1.807, 2.05) is 6.07 Å². The molecular weight excluding hydrogens is 461 g/mol. The van der Waals surface area contributed by atoms with E-state index in [1.54, 1.807) is 54.6 Å². The number of aliphatic hydroxyl groups excluding tert-OH is 1. The first-order chi connectivity index (χ1) is 16.7. The van der Waals surface area contributed by atoms with Crippen LogP contribution in [0.2, 0.25) is 0 Å². The molecule has 0 aromatic heterocycles. The summed E-state index contributed by atoms with van der Waals surface area (Å²) in [5, 5.41) is 15.6. The number of amides is 2. The van der Waals surface area contributed by atoms with Gasteiger partial charge in [0, 0.05) is 12.1 Å². The molecule has 0 aliphatic heterocycles. The lowest BCUT2D eigenvalue weighted by Gasteiger charge is -2.20. The maximum Gasteiger partial charge on any atom is 0.416 e. The van der Waals surface area contributed by atoms with E-state index >= 15 is 0 Å². The largest absolute Gasteiger partial charge is 0.491 e. The summed E-state index contributed by atoms with van der Waals surface area (Å²) in [5.74, 6) is -0.561. The minimum absolute atomic E-state index is 0.0604. The van der Waals surface area contributed by atoms with Gasteiger partial charge in [-0.1, -0.05) is 48.5 Å². The zero-order valence-corrected chi connectivity index (χ0v) is 18.7. The molecule has 0 aliphatic carbocycles. The van der Waals surface area contributed by atoms with E-state index in [4.69, 9.17) is 4.74 Å². The Kier molecular flexibility index (Phi) is 8.86. The van der Waals surface area contributed by atoms with Crippen LogP contribution < -0.4 is 15.4 Å². The average molecular weight is 486 g/mol. The van der Waals surface area contributed by atoms with Crippen molar-refractivity contribution in [1.82, 2.24) is 10.6 Å². The molecule has 0 saturated heterocycles. The molecule has 0 saturated carbocycles. The summed E-state index contributed by atoms with van der Waals surface area (Å²) in [5.41, 5.74) is 0.410. The van der Waals surface area contributed by atoms with E-state index in [2.05, 4.69) is 10.6 Å². The molecule has 3 aromatic rings. The molecule has 2 atom stereocenters. The highest BCUT2D eigenvalue weighted by Crippen LogP contribution is 2.30. The van der Waals surface area contributed by atoms with Gasteiger partial charge < -0.3 is 20.5 Å². The average Bonchev–Trinajstić information content (AvgIpc) is 2.86. The van der Waals surface area contributed by atoms with Crippen LogP contribution in [0.25, 0.3) is 0 Å². The molecule has 3 aromatic carbocycles. The van der Waals surface area contributed by atoms with Gasteiger partial charge >= 0.3 is 6.18 Å². The summed E-state index contributed by atoms with van der Waals surface area (Å²) in [6.07, 6.45) is -5.59. The molecule has 0 bridgehead atoms. The molecule has 3 rings (SSSR count). The zero-order chi connectivity index (χ0) is 25.3. The van der Waals surface area contributed by atoms with E-state index < -0.39 is 29.8 Å². The normalized spacial score (nSPS) is 12.9. The summed E-state index contributed by atoms with van der Waals surface area (Å²) in [7, 11) is 0. The van der Waals surface area contributed by atoms with Gasteiger partial charge in [0.15, 0.2) is 0 Å². The van der Waals surface area contributed by atoms with Crippen molar-refractivity contribution in [3.63, 3.8) is 0 Å². The molecule has 3 N–H and O–H groups in total. The monoisotopic (exact) mass is 486 g/mol. The maximum atomic E-state index is 12.6. The summed E-state index contributed by atoms with van der Waals surface area (Å²) in [6, 6.07) is 21.2. The maximum absolute atomic E-state index is 12.6. The predicted octanol–water partition coefficient (Wildman–Crippen LogP) is 4.12. The van der Waals surface area contributed by atoms with Crippen LogP contribution in [0.5, 0.6) is 5.75 Å². The fraction of sp³-hybridized carbons (Fsp3) is 0.231. The van der Waals surface area contributed by atoms with E-state index in [0.717, 1.165) is 29.8 Å². The summed E-state index contributed by atoms with van der Waals surface area (Å²) in [4.78, 5) is 25.1. The summed E-state index contributed by atoms with van der Waals surface area (Å²) in [6.45, 7) is -0.355. The molecule has 0 spiro atoms. The van der Waals surface area contributed by atoms with E-state index in [-0.39, 0.29) is 31.2 Å². The van der Waals surface area contributed by atoms with Gasteiger partial charge in [-0.05, 0) is 42.0 Å². The van der Waals surface area contributed by atoms with Crippen molar-refractivity contribution in [2.24, 2.45) is 0 Å². The van der Waals surface area contributed by atoms with Crippen LogP contribution in [-0.2, 0) is 11.0 Å². The molecule has 0 radical (unpaired) electrons. The summed E-state index contributed by atoms with van der Waals surface area (Å²) < 4.78 is 43.2. The van der Waals surface area contributed by atoms with Gasteiger partial charge in [-0.15, -0.1) is 0 Å². The minimum Gasteiger partial charge on any atom is -0.491 e. The van der Waals surface area contributed by atoms with Crippen molar-refractivity contribution >= 4 is 11.8 Å². The lowest BCUT2D eigenvalue weighted by Crippen LogP contribution is -2.38. The Morgan fingerprint density at radius 2 is 1.49 bits per heavy atom. The topological polar surface area (TPSA) is 87.7 Å². The third kappa shape index (κ3) is 8.15. The van der Waals surface area contributed by atoms with Crippen molar-refractivity contribution in [2.45, 2.75) is 24.7 Å². The van der Waals surface area contributed by atoms with Gasteiger partial charge in [0.25, 0.3) is 5.91 Å². The standard InChI is InChI=1S/C26H25F3N2O4/c27-26(28,29)20-11-13-22(14-12-20)35-17-21(32)16-30-24(33)15-23(18-7-3-1-4-8-18)31-25(34)19-9-5-2-6-10-19/h1-14,21,23,32H,15-17H2,(H,30,33)(H,31,34). The number of alkyl halides is 3. The van der Waals surface area contributed by atoms with Gasteiger partial charge in [-0.3, -0.25) is 9.59 Å². The Balaban J connectivity index is 1.51. The molecule has 35 heavy (non-hydrogen) atoms. The van der Waals surface area contributed by atoms with E-state index in [0.29, 0.717) is 5.56 Å². The Morgan fingerprint density at radius 1 is 0.886 bits per heavy atom. The number of carbonyl (C=O) groups excluding carboxylic acids is 2. The number of nitrogens with one attached hydrogen (secondary N) is 2. The number of carbonyl (C=O) groups is 2. The van der Waals surface area contributed by atoms with Gasteiger partial charge in [0.2, 0.25) is 5.91 Å². The van der Waals surface area contributed by atoms with Crippen LogP contribution in [0.15, 0.2) is 84.9 Å². The predicted molar refractivity (Wildman–Crippen MR) is 124 cm³/mol. The summed E-state index contributed by atoms with van der Waals surface area (Å²) >= 11 is 0. The van der Waals surface area contributed by atoms with Gasteiger partial charge in [-0.25, -0.2) is 0 Å². The fourth-order valence-corrected chi connectivity index (χ4v) is 3.25. The molecule has 6 nitrogen and oxygen atoms in total. The first-order valence-electron chi connectivity index (χ1n) is 10.9. The van der Waals surface area contributed by atoms with E-state index in [9.17, 15) is 27.9 Å². The van der Waals surface area contributed by atoms with Crippen LogP contribution in [0.1, 0.15) is 33.9 Å². The van der Waals surface area contributed by atoms with E-state index in [1.165, 1.54) is 0 Å². The molecule has 184 valence electrons. The van der Waals surface area contributed by atoms with Crippen LogP contribution in [0.3, 0.4) is 0 Å². The molecular formula is C26H25F3N2O4. The molecule has 0 heterocycles. The fourth-order valence-electron chi connectivity index (χ4n) is 3.25. The number of rotatable bonds is 10. The highest BCUT2D eigenvalue weighted by atomic mass is 19.4. The Morgan fingerprint density at radius 3 is 2.09 bits per heavy atom. The van der Waals surface area contributed by atoms with Crippen LogP contribution >= 0.6 is 0 Å². The molecule has 2 unspecified atom stereocenters. The van der Waals surface area contributed by atoms with Crippen LogP contribution in [0.4, 0.5) is 13.2 Å². The quantitative estimate of drug-likeness (QED) is 0.402. The number of aliphatic hydroxyl groups is 1. The van der Waals surface area contributed by atoms with Crippen LogP contribution in [0, 0.1) is 0 Å². The Bertz CT molecular complexity index is 1090. The second-order valence-electron chi connectivity index (χ2n) is 7.80. The molecule has 0 fully saturated rings. The number of ether oxygens (including phenoxy) is 1. The smallest absolute Gasteiger partial charge is 0.416 e. The van der Waals surface area contributed by atoms with Crippen LogP contribution in [-0.4, -0.2) is 36.2 Å². The molecule has 2 amide bonds. The van der Waals surface area contributed by atoms with Crippen molar-refractivity contribution < 1.29 is 32.6 Å². The van der Waals surface area contributed by atoms with Crippen molar-refractivity contribution in [1.29, 1.82) is 0 Å². The zero-order valence-electron chi connectivity index (χ0n) is 18.7. The highest BCUT2D eigenvalue weighted by Gasteiger charge is 2.30. The molecule has 9 heteroatoms. The third-order valence-electron chi connectivity index (χ3n) is 5.09. The minimum atomic E-state index is -4.44. The number of benzene rings is 3. The Hall–Kier alpha value is -3.85.